The largest absolute Gasteiger partial charge is 0.329 e. The van der Waals surface area contributed by atoms with Gasteiger partial charge in [0.25, 0.3) is 0 Å². The van der Waals surface area contributed by atoms with Crippen LogP contribution in [0.2, 0.25) is 0 Å². The first-order valence-corrected chi connectivity index (χ1v) is 9.50. The molecular weight excluding hydrogens is 316 g/mol. The van der Waals surface area contributed by atoms with Crippen molar-refractivity contribution in [2.45, 2.75) is 19.3 Å². The number of nitrogens with zero attached hydrogens (tertiary/aromatic N) is 4. The molecule has 0 radical (unpaired) electrons. The molecule has 2 aromatic heterocycles. The van der Waals surface area contributed by atoms with Gasteiger partial charge in [-0.25, -0.2) is 9.97 Å². The van der Waals surface area contributed by atoms with Gasteiger partial charge in [-0.2, -0.15) is 0 Å². The Balaban J connectivity index is 1.51. The summed E-state index contributed by atoms with van der Waals surface area (Å²) in [5, 5.41) is 2.96. The Kier molecular flexibility index (Phi) is 4.71. The number of thiazole rings is 1. The Bertz CT molecular complexity index is 730. The maximum atomic E-state index is 4.80. The number of hydrogen-bond donors (Lipinski definition) is 0. The van der Waals surface area contributed by atoms with Crippen molar-refractivity contribution in [2.24, 2.45) is 0 Å². The minimum Gasteiger partial charge on any atom is -0.329 e. The van der Waals surface area contributed by atoms with E-state index < -0.39 is 0 Å². The summed E-state index contributed by atoms with van der Waals surface area (Å²) in [6.45, 7) is 4.36. The fourth-order valence-electron chi connectivity index (χ4n) is 3.29. The van der Waals surface area contributed by atoms with Crippen LogP contribution in [0.1, 0.15) is 19.3 Å². The smallest absolute Gasteiger partial charge is 0.141 e. The van der Waals surface area contributed by atoms with Crippen molar-refractivity contribution in [3.63, 3.8) is 0 Å². The minimum atomic E-state index is 0.873. The third-order valence-electron chi connectivity index (χ3n) is 4.49. The standard InChI is InChI=1S/C19H22N4S/c1-2-10-22(11-3-1)14-16-6-5-12-23(15-16)18-8-4-7-17(21-18)19-20-9-13-24-19/h4-9,13,15H,1-3,10-12,14H2. The topological polar surface area (TPSA) is 32.3 Å². The van der Waals surface area contributed by atoms with Crippen LogP contribution in [0.15, 0.2) is 53.7 Å². The molecule has 0 aromatic carbocycles. The Morgan fingerprint density at radius 1 is 1.12 bits per heavy atom. The van der Waals surface area contributed by atoms with Crippen LogP contribution >= 0.6 is 11.3 Å². The van der Waals surface area contributed by atoms with E-state index >= 15 is 0 Å². The minimum absolute atomic E-state index is 0.873. The molecule has 2 aliphatic heterocycles. The van der Waals surface area contributed by atoms with E-state index in [-0.39, 0.29) is 0 Å². The molecule has 0 atom stereocenters. The second-order valence-corrected chi connectivity index (χ2v) is 7.21. The number of aromatic nitrogens is 2. The van der Waals surface area contributed by atoms with Gasteiger partial charge in [0.05, 0.1) is 0 Å². The zero-order valence-corrected chi connectivity index (χ0v) is 14.6. The van der Waals surface area contributed by atoms with Crippen molar-refractivity contribution in [3.8, 4) is 10.7 Å². The molecule has 1 fully saturated rings. The maximum absolute atomic E-state index is 4.80. The fraction of sp³-hybridized carbons (Fsp3) is 0.368. The van der Waals surface area contributed by atoms with E-state index in [1.165, 1.54) is 37.9 Å². The van der Waals surface area contributed by atoms with E-state index in [1.807, 2.05) is 17.6 Å². The summed E-state index contributed by atoms with van der Waals surface area (Å²) in [6.07, 6.45) is 12.6. The van der Waals surface area contributed by atoms with Crippen molar-refractivity contribution < 1.29 is 0 Å². The van der Waals surface area contributed by atoms with Gasteiger partial charge < -0.3 is 4.90 Å². The summed E-state index contributed by atoms with van der Waals surface area (Å²) < 4.78 is 0. The van der Waals surface area contributed by atoms with Crippen LogP contribution in [0.5, 0.6) is 0 Å². The van der Waals surface area contributed by atoms with Gasteiger partial charge in [0.15, 0.2) is 0 Å². The summed E-state index contributed by atoms with van der Waals surface area (Å²) in [6, 6.07) is 6.17. The van der Waals surface area contributed by atoms with Crippen LogP contribution in [0.25, 0.3) is 10.7 Å². The molecule has 4 nitrogen and oxygen atoms in total. The number of piperidine rings is 1. The van der Waals surface area contributed by atoms with E-state index in [2.05, 4.69) is 45.3 Å². The molecule has 0 N–H and O–H groups in total. The van der Waals surface area contributed by atoms with Crippen LogP contribution < -0.4 is 4.90 Å². The van der Waals surface area contributed by atoms with Crippen LogP contribution in [0.4, 0.5) is 5.82 Å². The van der Waals surface area contributed by atoms with Crippen molar-refractivity contribution in [1.29, 1.82) is 0 Å². The molecule has 0 bridgehead atoms. The first-order valence-electron chi connectivity index (χ1n) is 8.62. The van der Waals surface area contributed by atoms with Crippen molar-refractivity contribution in [3.05, 3.63) is 53.7 Å². The summed E-state index contributed by atoms with van der Waals surface area (Å²) in [5.74, 6) is 0.989. The zero-order chi connectivity index (χ0) is 16.2. The molecule has 0 amide bonds. The van der Waals surface area contributed by atoms with Crippen LogP contribution in [-0.2, 0) is 0 Å². The maximum Gasteiger partial charge on any atom is 0.141 e. The average molecular weight is 338 g/mol. The summed E-state index contributed by atoms with van der Waals surface area (Å²) in [4.78, 5) is 14.0. The summed E-state index contributed by atoms with van der Waals surface area (Å²) in [5.41, 5.74) is 2.31. The highest BCUT2D eigenvalue weighted by Crippen LogP contribution is 2.24. The molecule has 0 unspecified atom stereocenters. The van der Waals surface area contributed by atoms with Crippen LogP contribution in [0, 0.1) is 0 Å². The summed E-state index contributed by atoms with van der Waals surface area (Å²) in [7, 11) is 0. The van der Waals surface area contributed by atoms with Gasteiger partial charge in [-0.3, -0.25) is 4.90 Å². The first kappa shape index (κ1) is 15.5. The molecular formula is C19H22N4S. The van der Waals surface area contributed by atoms with Crippen LogP contribution in [0.3, 0.4) is 0 Å². The lowest BCUT2D eigenvalue weighted by Crippen LogP contribution is -2.32. The Morgan fingerprint density at radius 2 is 2.04 bits per heavy atom. The number of anilines is 1. The van der Waals surface area contributed by atoms with Crippen molar-refractivity contribution in [1.82, 2.24) is 14.9 Å². The average Bonchev–Trinajstić information content (AvgIpc) is 3.18. The van der Waals surface area contributed by atoms with Gasteiger partial charge in [0, 0.05) is 30.9 Å². The molecule has 0 spiro atoms. The molecule has 1 saturated heterocycles. The zero-order valence-electron chi connectivity index (χ0n) is 13.8. The van der Waals surface area contributed by atoms with E-state index in [9.17, 15) is 0 Å². The quantitative estimate of drug-likeness (QED) is 0.845. The Labute approximate surface area is 147 Å². The number of pyridine rings is 1. The molecule has 24 heavy (non-hydrogen) atoms. The molecule has 0 aliphatic carbocycles. The lowest BCUT2D eigenvalue weighted by molar-refractivity contribution is 0.248. The van der Waals surface area contributed by atoms with Crippen molar-refractivity contribution >= 4 is 17.2 Å². The monoisotopic (exact) mass is 338 g/mol. The lowest BCUT2D eigenvalue weighted by Gasteiger charge is -2.29. The normalized spacial score (nSPS) is 18.7. The SMILES string of the molecule is C1=CC(CN2CCCCC2)=CN(c2cccc(-c3nccs3)n2)C1. The van der Waals surface area contributed by atoms with Gasteiger partial charge in [0.2, 0.25) is 0 Å². The third-order valence-corrected chi connectivity index (χ3v) is 5.29. The second-order valence-electron chi connectivity index (χ2n) is 6.31. The van der Waals surface area contributed by atoms with E-state index in [0.29, 0.717) is 0 Å². The van der Waals surface area contributed by atoms with Gasteiger partial charge in [-0.05, 0) is 43.6 Å². The molecule has 0 saturated carbocycles. The predicted molar refractivity (Wildman–Crippen MR) is 100 cm³/mol. The van der Waals surface area contributed by atoms with Gasteiger partial charge in [-0.15, -0.1) is 11.3 Å². The highest BCUT2D eigenvalue weighted by molar-refractivity contribution is 7.13. The fourth-order valence-corrected chi connectivity index (χ4v) is 3.90. The molecule has 2 aliphatic rings. The van der Waals surface area contributed by atoms with E-state index in [1.54, 1.807) is 11.3 Å². The van der Waals surface area contributed by atoms with Gasteiger partial charge >= 0.3 is 0 Å². The molecule has 2 aromatic rings. The Hall–Kier alpha value is -1.98. The highest BCUT2D eigenvalue weighted by atomic mass is 32.1. The number of likely N-dealkylation sites (tertiary alicyclic amines) is 1. The van der Waals surface area contributed by atoms with Crippen molar-refractivity contribution in [2.75, 3.05) is 31.1 Å². The predicted octanol–water partition coefficient (Wildman–Crippen LogP) is 3.95. The summed E-state index contributed by atoms with van der Waals surface area (Å²) >= 11 is 1.63. The number of rotatable bonds is 4. The molecule has 4 heterocycles. The molecule has 4 rings (SSSR count). The molecule has 124 valence electrons. The Morgan fingerprint density at radius 3 is 2.88 bits per heavy atom. The van der Waals surface area contributed by atoms with Gasteiger partial charge in [-0.1, -0.05) is 24.6 Å². The molecule has 5 heteroatoms. The first-order chi connectivity index (χ1) is 11.9. The number of hydrogen-bond acceptors (Lipinski definition) is 5. The highest BCUT2D eigenvalue weighted by Gasteiger charge is 2.15. The second kappa shape index (κ2) is 7.28. The van der Waals surface area contributed by atoms with E-state index in [4.69, 9.17) is 4.98 Å². The third kappa shape index (κ3) is 3.57. The van der Waals surface area contributed by atoms with Crippen LogP contribution in [-0.4, -0.2) is 41.0 Å². The van der Waals surface area contributed by atoms with Gasteiger partial charge in [0.1, 0.15) is 16.5 Å². The van der Waals surface area contributed by atoms with E-state index in [0.717, 1.165) is 29.6 Å². The lowest BCUT2D eigenvalue weighted by atomic mass is 10.1.